The van der Waals surface area contributed by atoms with Crippen molar-refractivity contribution < 1.29 is 18.9 Å². The zero-order valence-corrected chi connectivity index (χ0v) is 42.8. The van der Waals surface area contributed by atoms with Crippen LogP contribution in [-0.4, -0.2) is 49.3 Å². The Morgan fingerprint density at radius 1 is 0.317 bits per heavy atom. The van der Waals surface area contributed by atoms with E-state index in [2.05, 4.69) is 92.4 Å². The average Bonchev–Trinajstić information content (AvgIpc) is 3.21. The molecular formula is C51H91N5O4. The molecule has 0 bridgehead atoms. The summed E-state index contributed by atoms with van der Waals surface area (Å²) in [5, 5.41) is 0. The number of aromatic nitrogens is 5. The SMILES string of the molecule is CC.CC.CC.CC.CC(C)Oc1ccc(C(C)C)cc1.CC(C)Oc1ccc(C(C)C)nc1.CC(C)Oc1cnc(C(C)C)cn1.CC(C)Oc1cnc(C(C)C)nc1. The van der Waals surface area contributed by atoms with E-state index in [1.807, 2.05) is 135 Å². The second-order valence-electron chi connectivity index (χ2n) is 14.8. The summed E-state index contributed by atoms with van der Waals surface area (Å²) in [6.45, 7) is 49.0. The standard InChI is InChI=1S/C12H18O.C11H17NO.2C10H16N2O.4C2H6/c1-9(2)11-5-7-12(8-6-11)13-10(3)4;1-8(2)11-6-5-10(7-12-11)13-9(3)4;1-7(2)9-5-12-10(6-11-9)13-8(3)4;1-7(2)10-11-5-9(6-12-10)13-8(3)4;4*1-2/h5-10H,1-4H3;5-9H,1-4H3;2*5-8H,1-4H3;4*1-2H3. The molecule has 1 aromatic carbocycles. The first-order chi connectivity index (χ1) is 28.4. The minimum Gasteiger partial charge on any atom is -0.491 e. The molecule has 0 amide bonds. The van der Waals surface area contributed by atoms with Gasteiger partial charge in [-0.1, -0.05) is 123 Å². The van der Waals surface area contributed by atoms with E-state index in [0.717, 1.165) is 34.5 Å². The van der Waals surface area contributed by atoms with Gasteiger partial charge in [0.05, 0.1) is 61.1 Å². The van der Waals surface area contributed by atoms with Crippen LogP contribution in [0, 0.1) is 0 Å². The van der Waals surface area contributed by atoms with Gasteiger partial charge in [0.1, 0.15) is 17.3 Å². The van der Waals surface area contributed by atoms with Crippen molar-refractivity contribution in [2.45, 2.75) is 214 Å². The molecule has 344 valence electrons. The lowest BCUT2D eigenvalue weighted by atomic mass is 10.0. The second kappa shape index (κ2) is 38.9. The maximum Gasteiger partial charge on any atom is 0.232 e. The van der Waals surface area contributed by atoms with Gasteiger partial charge >= 0.3 is 0 Å². The molecule has 3 heterocycles. The van der Waals surface area contributed by atoms with Crippen LogP contribution in [0.2, 0.25) is 0 Å². The van der Waals surface area contributed by atoms with Crippen LogP contribution in [0.3, 0.4) is 0 Å². The third kappa shape index (κ3) is 32.6. The van der Waals surface area contributed by atoms with Crippen LogP contribution in [0.25, 0.3) is 0 Å². The Morgan fingerprint density at radius 3 is 1.03 bits per heavy atom. The summed E-state index contributed by atoms with van der Waals surface area (Å²) in [7, 11) is 0. The Labute approximate surface area is 370 Å². The molecule has 0 aliphatic rings. The molecule has 0 fully saturated rings. The lowest BCUT2D eigenvalue weighted by Gasteiger charge is -2.11. The van der Waals surface area contributed by atoms with E-state index in [0.29, 0.717) is 29.6 Å². The van der Waals surface area contributed by atoms with Gasteiger partial charge in [-0.2, -0.15) is 0 Å². The zero-order valence-electron chi connectivity index (χ0n) is 42.8. The van der Waals surface area contributed by atoms with Crippen LogP contribution in [0.5, 0.6) is 23.1 Å². The number of hydrogen-bond donors (Lipinski definition) is 0. The third-order valence-corrected chi connectivity index (χ3v) is 6.77. The predicted molar refractivity (Wildman–Crippen MR) is 260 cm³/mol. The molecule has 9 heteroatoms. The first-order valence-electron chi connectivity index (χ1n) is 22.7. The number of ether oxygens (including phenoxy) is 4. The van der Waals surface area contributed by atoms with Gasteiger partial charge in [-0.15, -0.1) is 0 Å². The summed E-state index contributed by atoms with van der Waals surface area (Å²) < 4.78 is 21.8. The van der Waals surface area contributed by atoms with E-state index in [9.17, 15) is 0 Å². The normalized spacial score (nSPS) is 9.87. The van der Waals surface area contributed by atoms with Crippen LogP contribution in [0.4, 0.5) is 0 Å². The molecule has 0 saturated carbocycles. The molecule has 0 N–H and O–H groups in total. The average molecular weight is 838 g/mol. The Hall–Kier alpha value is -4.27. The maximum atomic E-state index is 5.55. The van der Waals surface area contributed by atoms with Crippen molar-refractivity contribution >= 4 is 0 Å². The summed E-state index contributed by atoms with van der Waals surface area (Å²) in [5.41, 5.74) is 3.46. The van der Waals surface area contributed by atoms with Gasteiger partial charge in [-0.25, -0.2) is 15.0 Å². The quantitative estimate of drug-likeness (QED) is 0.138. The highest BCUT2D eigenvalue weighted by Gasteiger charge is 2.05. The summed E-state index contributed by atoms with van der Waals surface area (Å²) >= 11 is 0. The Balaban J connectivity index is -0.000000329. The Kier molecular flexibility index (Phi) is 40.4. The van der Waals surface area contributed by atoms with Crippen molar-refractivity contribution in [2.75, 3.05) is 0 Å². The molecule has 9 nitrogen and oxygen atoms in total. The smallest absolute Gasteiger partial charge is 0.232 e. The fourth-order valence-corrected chi connectivity index (χ4v) is 4.16. The minimum absolute atomic E-state index is 0.152. The van der Waals surface area contributed by atoms with Gasteiger partial charge in [0.15, 0.2) is 5.75 Å². The van der Waals surface area contributed by atoms with Crippen LogP contribution in [0.1, 0.15) is 213 Å². The van der Waals surface area contributed by atoms with Crippen LogP contribution < -0.4 is 18.9 Å². The predicted octanol–water partition coefficient (Wildman–Crippen LogP) is 15.5. The molecule has 0 saturated heterocycles. The number of rotatable bonds is 12. The van der Waals surface area contributed by atoms with Crippen molar-refractivity contribution in [1.82, 2.24) is 24.9 Å². The minimum atomic E-state index is 0.152. The monoisotopic (exact) mass is 838 g/mol. The fraction of sp³-hybridized carbons (Fsp3) is 0.627. The molecule has 0 spiro atoms. The molecule has 4 aromatic rings. The highest BCUT2D eigenvalue weighted by atomic mass is 16.5. The molecule has 0 unspecified atom stereocenters. The maximum absolute atomic E-state index is 5.55. The molecule has 4 rings (SSSR count). The molecule has 3 aromatic heterocycles. The summed E-state index contributed by atoms with van der Waals surface area (Å²) in [6, 6.07) is 12.3. The number of pyridine rings is 1. The molecule has 0 aliphatic heterocycles. The van der Waals surface area contributed by atoms with Gasteiger partial charge in [-0.3, -0.25) is 9.97 Å². The third-order valence-electron chi connectivity index (χ3n) is 6.77. The zero-order chi connectivity index (χ0) is 47.4. The van der Waals surface area contributed by atoms with Gasteiger partial charge < -0.3 is 18.9 Å². The van der Waals surface area contributed by atoms with E-state index in [4.69, 9.17) is 18.9 Å². The molecule has 0 atom stereocenters. The van der Waals surface area contributed by atoms with Gasteiger partial charge in [-0.05, 0) is 103 Å². The summed E-state index contributed by atoms with van der Waals surface area (Å²) in [6.07, 6.45) is 9.47. The van der Waals surface area contributed by atoms with Gasteiger partial charge in [0.2, 0.25) is 5.88 Å². The van der Waals surface area contributed by atoms with Crippen molar-refractivity contribution in [3.05, 3.63) is 90.2 Å². The highest BCUT2D eigenvalue weighted by Crippen LogP contribution is 2.20. The fourth-order valence-electron chi connectivity index (χ4n) is 4.16. The lowest BCUT2D eigenvalue weighted by molar-refractivity contribution is 0.231. The van der Waals surface area contributed by atoms with E-state index < -0.39 is 0 Å². The Bertz CT molecular complexity index is 1240. The van der Waals surface area contributed by atoms with Crippen molar-refractivity contribution in [3.8, 4) is 23.1 Å². The van der Waals surface area contributed by atoms with Gasteiger partial charge in [0, 0.05) is 11.6 Å². The van der Waals surface area contributed by atoms with Crippen molar-refractivity contribution in [1.29, 1.82) is 0 Å². The molecule has 60 heavy (non-hydrogen) atoms. The second-order valence-corrected chi connectivity index (χ2v) is 14.8. The number of benzene rings is 1. The molecular weight excluding hydrogens is 747 g/mol. The van der Waals surface area contributed by atoms with E-state index >= 15 is 0 Å². The van der Waals surface area contributed by atoms with Crippen LogP contribution in [0.15, 0.2) is 67.4 Å². The first kappa shape index (κ1) is 62.4. The van der Waals surface area contributed by atoms with E-state index in [1.165, 1.54) is 5.56 Å². The lowest BCUT2D eigenvalue weighted by Crippen LogP contribution is -2.07. The summed E-state index contributed by atoms with van der Waals surface area (Å²) in [4.78, 5) is 21.1. The first-order valence-corrected chi connectivity index (χ1v) is 22.7. The summed E-state index contributed by atoms with van der Waals surface area (Å²) in [5.74, 6) is 5.85. The largest absolute Gasteiger partial charge is 0.491 e. The van der Waals surface area contributed by atoms with Crippen molar-refractivity contribution in [2.24, 2.45) is 0 Å². The highest BCUT2D eigenvalue weighted by molar-refractivity contribution is 5.29. The molecule has 0 aliphatic carbocycles. The van der Waals surface area contributed by atoms with E-state index in [1.54, 1.807) is 31.0 Å². The number of nitrogens with zero attached hydrogens (tertiary/aromatic N) is 5. The Morgan fingerprint density at radius 2 is 0.700 bits per heavy atom. The number of hydrogen-bond acceptors (Lipinski definition) is 9. The van der Waals surface area contributed by atoms with E-state index in [-0.39, 0.29) is 24.4 Å². The topological polar surface area (TPSA) is 101 Å². The molecule has 0 radical (unpaired) electrons. The van der Waals surface area contributed by atoms with Crippen LogP contribution >= 0.6 is 0 Å². The van der Waals surface area contributed by atoms with Crippen LogP contribution in [-0.2, 0) is 0 Å². The van der Waals surface area contributed by atoms with Crippen molar-refractivity contribution in [3.63, 3.8) is 0 Å². The van der Waals surface area contributed by atoms with Gasteiger partial charge in [0.25, 0.3) is 0 Å².